The van der Waals surface area contributed by atoms with Crippen molar-refractivity contribution in [1.82, 2.24) is 9.55 Å². The topological polar surface area (TPSA) is 115 Å². The molecule has 1 atom stereocenters. The quantitative estimate of drug-likeness (QED) is 0.742. The summed E-state index contributed by atoms with van der Waals surface area (Å²) in [5.74, 6) is 0.843. The Bertz CT molecular complexity index is 455. The summed E-state index contributed by atoms with van der Waals surface area (Å²) in [7, 11) is 0. The molecule has 0 saturated heterocycles. The number of aromatic nitrogens is 2. The Morgan fingerprint density at radius 1 is 1.67 bits per heavy atom. The molecule has 0 spiro atoms. The first-order valence-electron chi connectivity index (χ1n) is 3.79. The maximum atomic E-state index is 8.75. The second-order valence-corrected chi connectivity index (χ2v) is 5.41. The van der Waals surface area contributed by atoms with Gasteiger partial charge in [-0.05, 0) is 6.92 Å². The Kier molecular flexibility index (Phi) is 5.32. The summed E-state index contributed by atoms with van der Waals surface area (Å²) < 4.78 is 35.1. The first kappa shape index (κ1) is 13.9. The van der Waals surface area contributed by atoms with E-state index in [0.717, 1.165) is 5.82 Å². The first-order chi connectivity index (χ1) is 6.75. The van der Waals surface area contributed by atoms with E-state index in [9.17, 15) is 0 Å². The molecule has 3 N–H and O–H groups in total. The van der Waals surface area contributed by atoms with Gasteiger partial charge in [-0.1, -0.05) is 6.58 Å². The molecular formula is C7H12N3O4Re. The number of imidazole rings is 1. The van der Waals surface area contributed by atoms with Crippen LogP contribution in [0.15, 0.2) is 19.0 Å². The van der Waals surface area contributed by atoms with E-state index in [2.05, 4.69) is 11.6 Å². The molecule has 0 aliphatic carbocycles. The normalized spacial score (nSPS) is 12.5. The van der Waals surface area contributed by atoms with Crippen LogP contribution in [0.25, 0.3) is 6.20 Å². The van der Waals surface area contributed by atoms with E-state index >= 15 is 0 Å². The standard InChI is InChI=1S/C7H11N3.H2O.3O.Re/c1-3-10-5-4-9-7(10)6(2)8;;;;;/h3-6H,1,8H2,2H3;1H2;;;;/q;;;;;+1/p-1. The van der Waals surface area contributed by atoms with E-state index < -0.39 is 15.8 Å². The molecule has 1 aromatic rings. The maximum absolute atomic E-state index is 8.75. The second-order valence-electron chi connectivity index (χ2n) is 2.56. The van der Waals surface area contributed by atoms with Gasteiger partial charge in [0, 0.05) is 18.6 Å². The average Bonchev–Trinajstić information content (AvgIpc) is 2.47. The van der Waals surface area contributed by atoms with Crippen molar-refractivity contribution >= 4 is 6.20 Å². The van der Waals surface area contributed by atoms with Crippen LogP contribution in [0, 0.1) is 0 Å². The molecule has 0 aromatic carbocycles. The number of hydrogen-bond donors (Lipinski definition) is 2. The molecule has 0 amide bonds. The van der Waals surface area contributed by atoms with Gasteiger partial charge in [0.05, 0.1) is 6.04 Å². The van der Waals surface area contributed by atoms with Crippen LogP contribution >= 0.6 is 0 Å². The minimum atomic E-state index is -5.86. The molecule has 1 rings (SSSR count). The van der Waals surface area contributed by atoms with Crippen molar-refractivity contribution in [3.63, 3.8) is 0 Å². The van der Waals surface area contributed by atoms with Crippen LogP contribution in [0.1, 0.15) is 18.8 Å². The number of rotatable bonds is 2. The van der Waals surface area contributed by atoms with E-state index in [1.807, 2.05) is 17.7 Å². The molecule has 1 heterocycles. The third kappa shape index (κ3) is 6.93. The monoisotopic (exact) mass is 389 g/mol. The van der Waals surface area contributed by atoms with Gasteiger partial charge in [-0.3, -0.25) is 0 Å². The molecule has 7 nitrogen and oxygen atoms in total. The summed E-state index contributed by atoms with van der Waals surface area (Å²) in [4.78, 5) is 4.05. The van der Waals surface area contributed by atoms with E-state index in [1.165, 1.54) is 0 Å². The van der Waals surface area contributed by atoms with Crippen LogP contribution in [-0.2, 0) is 26.2 Å². The molecule has 0 bridgehead atoms. The van der Waals surface area contributed by atoms with E-state index in [-0.39, 0.29) is 6.04 Å². The molecule has 8 heteroatoms. The molecular weight excluding hydrogens is 376 g/mol. The predicted octanol–water partition coefficient (Wildman–Crippen LogP) is 0.0874. The molecule has 0 radical (unpaired) electrons. The summed E-state index contributed by atoms with van der Waals surface area (Å²) in [6.45, 7) is 5.50. The van der Waals surface area contributed by atoms with E-state index in [1.54, 1.807) is 12.4 Å². The Labute approximate surface area is 89.6 Å². The van der Waals surface area contributed by atoms with Crippen LogP contribution in [-0.4, -0.2) is 13.4 Å². The summed E-state index contributed by atoms with van der Waals surface area (Å²) in [6.07, 6.45) is 5.22. The van der Waals surface area contributed by atoms with Gasteiger partial charge < -0.3 is 10.3 Å². The summed E-state index contributed by atoms with van der Waals surface area (Å²) in [5.41, 5.74) is 5.60. The third-order valence-electron chi connectivity index (χ3n) is 1.30. The molecule has 0 aliphatic heterocycles. The van der Waals surface area contributed by atoms with Crippen LogP contribution in [0.3, 0.4) is 0 Å². The fraction of sp³-hybridized carbons (Fsp3) is 0.286. The van der Waals surface area contributed by atoms with Crippen LogP contribution in [0.2, 0.25) is 0 Å². The Morgan fingerprint density at radius 3 is 2.40 bits per heavy atom. The van der Waals surface area contributed by atoms with Crippen molar-refractivity contribution in [2.75, 3.05) is 0 Å². The SMILES string of the molecule is C=Cn1ccnc1C(C)N.[O]=[Re](=[O])(=[O])[OH]. The van der Waals surface area contributed by atoms with Crippen LogP contribution < -0.4 is 5.73 Å². The molecule has 1 unspecified atom stereocenters. The van der Waals surface area contributed by atoms with Crippen molar-refractivity contribution in [2.45, 2.75) is 13.0 Å². The zero-order valence-electron chi connectivity index (χ0n) is 8.04. The second kappa shape index (κ2) is 5.73. The fourth-order valence-electron chi connectivity index (χ4n) is 0.832. The zero-order valence-corrected chi connectivity index (χ0v) is 10.8. The van der Waals surface area contributed by atoms with E-state index in [4.69, 9.17) is 20.0 Å². The molecule has 86 valence electrons. The molecule has 0 aliphatic rings. The Balaban J connectivity index is 0.000000336. The summed E-state index contributed by atoms with van der Waals surface area (Å²) >= 11 is -5.86. The van der Waals surface area contributed by atoms with Crippen molar-refractivity contribution in [2.24, 2.45) is 5.73 Å². The van der Waals surface area contributed by atoms with Gasteiger partial charge >= 0.3 is 30.0 Å². The average molecular weight is 388 g/mol. The Hall–Kier alpha value is -1.07. The van der Waals surface area contributed by atoms with Gasteiger partial charge in [-0.15, -0.1) is 0 Å². The van der Waals surface area contributed by atoms with E-state index in [0.29, 0.717) is 0 Å². The summed E-state index contributed by atoms with van der Waals surface area (Å²) in [6, 6.07) is -0.0343. The molecule has 15 heavy (non-hydrogen) atoms. The van der Waals surface area contributed by atoms with Gasteiger partial charge in [0.15, 0.2) is 0 Å². The van der Waals surface area contributed by atoms with Gasteiger partial charge in [0.25, 0.3) is 0 Å². The minimum absolute atomic E-state index is 0.0343. The van der Waals surface area contributed by atoms with Gasteiger partial charge in [-0.25, -0.2) is 4.98 Å². The van der Waals surface area contributed by atoms with Gasteiger partial charge in [0.1, 0.15) is 5.82 Å². The van der Waals surface area contributed by atoms with Gasteiger partial charge in [-0.2, -0.15) is 0 Å². The predicted molar refractivity (Wildman–Crippen MR) is 45.5 cm³/mol. The summed E-state index contributed by atoms with van der Waals surface area (Å²) in [5, 5.41) is 0. The van der Waals surface area contributed by atoms with Crippen molar-refractivity contribution in [3.8, 4) is 0 Å². The number of nitrogens with zero attached hydrogens (tertiary/aromatic N) is 2. The fourth-order valence-corrected chi connectivity index (χ4v) is 0.832. The number of hydrogen-bond acceptors (Lipinski definition) is 5. The number of nitrogens with two attached hydrogens (primary N) is 1. The van der Waals surface area contributed by atoms with Crippen molar-refractivity contribution < 1.29 is 30.0 Å². The third-order valence-corrected chi connectivity index (χ3v) is 1.30. The van der Waals surface area contributed by atoms with Crippen molar-refractivity contribution in [1.29, 1.82) is 0 Å². The zero-order chi connectivity index (χ0) is 12.1. The van der Waals surface area contributed by atoms with Crippen LogP contribution in [0.5, 0.6) is 0 Å². The van der Waals surface area contributed by atoms with Crippen LogP contribution in [0.4, 0.5) is 0 Å². The van der Waals surface area contributed by atoms with Crippen molar-refractivity contribution in [3.05, 3.63) is 24.8 Å². The first-order valence-corrected chi connectivity index (χ1v) is 8.34. The molecule has 0 saturated carbocycles. The molecule has 0 fully saturated rings. The van der Waals surface area contributed by atoms with Gasteiger partial charge in [0.2, 0.25) is 0 Å². The molecule has 1 aromatic heterocycles. The Morgan fingerprint density at radius 2 is 2.13 bits per heavy atom.